The normalized spacial score (nSPS) is 14.3. The summed E-state index contributed by atoms with van der Waals surface area (Å²) in [4.78, 5) is 0. The summed E-state index contributed by atoms with van der Waals surface area (Å²) in [5, 5.41) is 0. The van der Waals surface area contributed by atoms with E-state index in [1.165, 1.54) is 5.56 Å². The fraction of sp³-hybridized carbons (Fsp3) is 0.429. The fourth-order valence-electron chi connectivity index (χ4n) is 1.54. The molecule has 0 aliphatic heterocycles. The van der Waals surface area contributed by atoms with Crippen molar-refractivity contribution >= 4 is 14.6 Å². The fourth-order valence-corrected chi connectivity index (χ4v) is 3.11. The van der Waals surface area contributed by atoms with Crippen LogP contribution in [0.25, 0.3) is 6.08 Å². The zero-order valence-corrected chi connectivity index (χ0v) is 12.0. The van der Waals surface area contributed by atoms with E-state index in [1.807, 2.05) is 13.0 Å². The first-order chi connectivity index (χ1) is 8.13. The van der Waals surface area contributed by atoms with Crippen molar-refractivity contribution in [3.8, 4) is 0 Å². The summed E-state index contributed by atoms with van der Waals surface area (Å²) in [5.74, 6) is 0. The Morgan fingerprint density at radius 3 is 2.29 bits per heavy atom. The lowest BCUT2D eigenvalue weighted by Gasteiger charge is -2.25. The predicted octanol–water partition coefficient (Wildman–Crippen LogP) is 3.97. The van der Waals surface area contributed by atoms with E-state index in [-0.39, 0.29) is 0 Å². The van der Waals surface area contributed by atoms with Crippen LogP contribution in [-0.4, -0.2) is 15.2 Å². The molecule has 1 atom stereocenters. The maximum Gasteiger partial charge on any atom is 0.334 e. The Morgan fingerprint density at radius 2 is 1.82 bits per heavy atom. The van der Waals surface area contributed by atoms with Gasteiger partial charge in [-0.3, -0.25) is 0 Å². The maximum atomic E-state index is 5.97. The first kappa shape index (κ1) is 14.2. The number of hydrogen-bond acceptors (Lipinski definition) is 2. The standard InChI is InChI=1S/C14H22O2Si/c1-5-13-8-10-14(11-9-13)12-16-17(4,7-3)15-6-2/h5,8-11H,1,6-7,12H2,2-4H3. The molecule has 0 saturated heterocycles. The van der Waals surface area contributed by atoms with Gasteiger partial charge in [0.25, 0.3) is 0 Å². The summed E-state index contributed by atoms with van der Waals surface area (Å²) in [6.45, 7) is 11.4. The molecule has 0 amide bonds. The third-order valence-electron chi connectivity index (χ3n) is 2.85. The smallest absolute Gasteiger partial charge is 0.334 e. The SMILES string of the molecule is C=Cc1ccc(CO[Si](C)(CC)OCC)cc1. The Hall–Kier alpha value is -0.903. The highest BCUT2D eigenvalue weighted by Crippen LogP contribution is 2.16. The summed E-state index contributed by atoms with van der Waals surface area (Å²) >= 11 is 0. The van der Waals surface area contributed by atoms with Crippen molar-refractivity contribution in [3.05, 3.63) is 42.0 Å². The van der Waals surface area contributed by atoms with E-state index in [9.17, 15) is 0 Å². The van der Waals surface area contributed by atoms with Crippen molar-refractivity contribution in [1.82, 2.24) is 0 Å². The minimum absolute atomic E-state index is 0.633. The molecule has 0 spiro atoms. The van der Waals surface area contributed by atoms with Crippen LogP contribution >= 0.6 is 0 Å². The molecule has 0 N–H and O–H groups in total. The van der Waals surface area contributed by atoms with Crippen LogP contribution in [0.1, 0.15) is 25.0 Å². The molecule has 0 saturated carbocycles. The van der Waals surface area contributed by atoms with Gasteiger partial charge in [-0.15, -0.1) is 0 Å². The molecule has 1 unspecified atom stereocenters. The molecule has 0 fully saturated rings. The zero-order valence-electron chi connectivity index (χ0n) is 11.0. The maximum absolute atomic E-state index is 5.97. The summed E-state index contributed by atoms with van der Waals surface area (Å²) in [5.41, 5.74) is 2.32. The van der Waals surface area contributed by atoms with Crippen LogP contribution < -0.4 is 0 Å². The van der Waals surface area contributed by atoms with Crippen LogP contribution in [0.5, 0.6) is 0 Å². The van der Waals surface area contributed by atoms with Gasteiger partial charge in [0, 0.05) is 6.61 Å². The van der Waals surface area contributed by atoms with Crippen molar-refractivity contribution in [1.29, 1.82) is 0 Å². The van der Waals surface area contributed by atoms with E-state index in [2.05, 4.69) is 44.3 Å². The molecule has 0 aliphatic carbocycles. The molecular formula is C14H22O2Si. The first-order valence-electron chi connectivity index (χ1n) is 6.13. The topological polar surface area (TPSA) is 18.5 Å². The third kappa shape index (κ3) is 4.46. The first-order valence-corrected chi connectivity index (χ1v) is 8.65. The van der Waals surface area contributed by atoms with Crippen LogP contribution in [0.15, 0.2) is 30.8 Å². The van der Waals surface area contributed by atoms with Gasteiger partial charge >= 0.3 is 8.56 Å². The Bertz CT molecular complexity index is 348. The summed E-state index contributed by atoms with van der Waals surface area (Å²) in [6, 6.07) is 9.24. The summed E-state index contributed by atoms with van der Waals surface area (Å²) in [6.07, 6.45) is 1.84. The Balaban J connectivity index is 2.56. The van der Waals surface area contributed by atoms with E-state index >= 15 is 0 Å². The lowest BCUT2D eigenvalue weighted by atomic mass is 10.1. The Morgan fingerprint density at radius 1 is 1.18 bits per heavy atom. The van der Waals surface area contributed by atoms with Crippen molar-refractivity contribution in [3.63, 3.8) is 0 Å². The van der Waals surface area contributed by atoms with E-state index in [0.717, 1.165) is 18.2 Å². The van der Waals surface area contributed by atoms with Crippen molar-refractivity contribution in [2.24, 2.45) is 0 Å². The molecule has 3 heteroatoms. The van der Waals surface area contributed by atoms with Crippen LogP contribution in [0.3, 0.4) is 0 Å². The highest BCUT2D eigenvalue weighted by atomic mass is 28.4. The lowest BCUT2D eigenvalue weighted by molar-refractivity contribution is 0.174. The van der Waals surface area contributed by atoms with Gasteiger partial charge in [-0.05, 0) is 30.6 Å². The minimum atomic E-state index is -1.95. The monoisotopic (exact) mass is 250 g/mol. The molecule has 17 heavy (non-hydrogen) atoms. The third-order valence-corrected chi connectivity index (χ3v) is 5.79. The number of rotatable bonds is 7. The Kier molecular flexibility index (Phi) is 5.61. The van der Waals surface area contributed by atoms with E-state index < -0.39 is 8.56 Å². The summed E-state index contributed by atoms with van der Waals surface area (Å²) in [7, 11) is -1.95. The van der Waals surface area contributed by atoms with Crippen molar-refractivity contribution < 1.29 is 8.85 Å². The number of benzene rings is 1. The van der Waals surface area contributed by atoms with Crippen molar-refractivity contribution in [2.75, 3.05) is 6.61 Å². The molecule has 0 heterocycles. The quantitative estimate of drug-likeness (QED) is 0.682. The van der Waals surface area contributed by atoms with Gasteiger partial charge in [0.1, 0.15) is 0 Å². The largest absolute Gasteiger partial charge is 0.395 e. The summed E-state index contributed by atoms with van der Waals surface area (Å²) < 4.78 is 11.7. The van der Waals surface area contributed by atoms with Gasteiger partial charge < -0.3 is 8.85 Å². The van der Waals surface area contributed by atoms with E-state index in [0.29, 0.717) is 6.61 Å². The van der Waals surface area contributed by atoms with Gasteiger partial charge in [0.2, 0.25) is 0 Å². The molecule has 1 rings (SSSR count). The second-order valence-electron chi connectivity index (χ2n) is 4.15. The van der Waals surface area contributed by atoms with Crippen LogP contribution in [0.4, 0.5) is 0 Å². The van der Waals surface area contributed by atoms with Gasteiger partial charge in [-0.2, -0.15) is 0 Å². The highest BCUT2D eigenvalue weighted by molar-refractivity contribution is 6.65. The molecule has 94 valence electrons. The molecule has 1 aromatic rings. The second kappa shape index (κ2) is 6.74. The number of hydrogen-bond donors (Lipinski definition) is 0. The van der Waals surface area contributed by atoms with E-state index in [4.69, 9.17) is 8.85 Å². The van der Waals surface area contributed by atoms with E-state index in [1.54, 1.807) is 0 Å². The molecule has 1 aromatic carbocycles. The van der Waals surface area contributed by atoms with Gasteiger partial charge in [-0.25, -0.2) is 0 Å². The Labute approximate surface area is 106 Å². The van der Waals surface area contributed by atoms with Gasteiger partial charge in [0.15, 0.2) is 0 Å². The average Bonchev–Trinajstić information content (AvgIpc) is 2.37. The molecule has 0 bridgehead atoms. The molecule has 2 nitrogen and oxygen atoms in total. The highest BCUT2D eigenvalue weighted by Gasteiger charge is 2.28. The average molecular weight is 250 g/mol. The van der Waals surface area contributed by atoms with Crippen molar-refractivity contribution in [2.45, 2.75) is 33.0 Å². The van der Waals surface area contributed by atoms with Crippen LogP contribution in [0, 0.1) is 0 Å². The van der Waals surface area contributed by atoms with Crippen LogP contribution in [-0.2, 0) is 15.5 Å². The molecule has 0 aliphatic rings. The molecule has 0 radical (unpaired) electrons. The predicted molar refractivity (Wildman–Crippen MR) is 75.0 cm³/mol. The van der Waals surface area contributed by atoms with Gasteiger partial charge in [0.05, 0.1) is 6.61 Å². The molecule has 0 aromatic heterocycles. The minimum Gasteiger partial charge on any atom is -0.395 e. The zero-order chi connectivity index (χ0) is 12.7. The lowest BCUT2D eigenvalue weighted by Crippen LogP contribution is -2.37. The molecular weight excluding hydrogens is 228 g/mol. The van der Waals surface area contributed by atoms with Gasteiger partial charge in [-0.1, -0.05) is 43.8 Å². The van der Waals surface area contributed by atoms with Crippen LogP contribution in [0.2, 0.25) is 12.6 Å². The second-order valence-corrected chi connectivity index (χ2v) is 7.71.